The molecule has 0 fully saturated rings. The minimum absolute atomic E-state index is 0.233. The van der Waals surface area contributed by atoms with Gasteiger partial charge in [-0.3, -0.25) is 9.48 Å². The van der Waals surface area contributed by atoms with Crippen molar-refractivity contribution in [2.75, 3.05) is 13.1 Å². The Morgan fingerprint density at radius 2 is 1.85 bits per heavy atom. The van der Waals surface area contributed by atoms with Crippen molar-refractivity contribution in [3.63, 3.8) is 0 Å². The fourth-order valence-electron chi connectivity index (χ4n) is 3.94. The van der Waals surface area contributed by atoms with E-state index in [1.165, 1.54) is 4.31 Å². The summed E-state index contributed by atoms with van der Waals surface area (Å²) in [5.41, 5.74) is 3.06. The Bertz CT molecular complexity index is 1420. The molecule has 3 aromatic heterocycles. The highest BCUT2D eigenvalue weighted by Gasteiger charge is 2.22. The normalized spacial score (nSPS) is 11.9. The Balaban J connectivity index is 1.58. The second-order valence-electron chi connectivity index (χ2n) is 7.86. The zero-order valence-corrected chi connectivity index (χ0v) is 20.4. The van der Waals surface area contributed by atoms with Crippen LogP contribution in [0.15, 0.2) is 58.0 Å². The summed E-state index contributed by atoms with van der Waals surface area (Å²) in [6, 6.07) is 11.8. The summed E-state index contributed by atoms with van der Waals surface area (Å²) >= 11 is 0. The number of carbonyl (C=O) groups excluding carboxylic acids is 1. The summed E-state index contributed by atoms with van der Waals surface area (Å²) in [4.78, 5) is 18.1. The number of carbonyl (C=O) groups is 1. The number of nitrogens with zero attached hydrogens (tertiary/aromatic N) is 4. The van der Waals surface area contributed by atoms with E-state index in [2.05, 4.69) is 15.4 Å². The van der Waals surface area contributed by atoms with Gasteiger partial charge in [-0.25, -0.2) is 13.4 Å². The molecule has 0 spiro atoms. The molecule has 3 heterocycles. The number of aryl methyl sites for hydroxylation is 2. The van der Waals surface area contributed by atoms with Gasteiger partial charge >= 0.3 is 0 Å². The minimum Gasteiger partial charge on any atom is -0.463 e. The van der Waals surface area contributed by atoms with Gasteiger partial charge < -0.3 is 9.73 Å². The van der Waals surface area contributed by atoms with E-state index >= 15 is 0 Å². The lowest BCUT2D eigenvalue weighted by Gasteiger charge is -2.18. The molecule has 0 unspecified atom stereocenters. The van der Waals surface area contributed by atoms with E-state index in [4.69, 9.17) is 4.42 Å². The summed E-state index contributed by atoms with van der Waals surface area (Å²) in [7, 11) is -1.74. The fourth-order valence-corrected chi connectivity index (χ4v) is 5.40. The first kappa shape index (κ1) is 23.7. The predicted octanol–water partition coefficient (Wildman–Crippen LogP) is 3.50. The van der Waals surface area contributed by atoms with E-state index in [0.717, 1.165) is 5.56 Å². The SMILES string of the molecule is CCN(CC)S(=O)(=O)c1ccc(CNC(=O)c2cc(-c3ccco3)nc3c2c(C)nn3C)cc1. The summed E-state index contributed by atoms with van der Waals surface area (Å²) in [6.45, 7) is 6.51. The van der Waals surface area contributed by atoms with Crippen molar-refractivity contribution in [1.29, 1.82) is 0 Å². The number of fused-ring (bicyclic) bond motifs is 1. The molecule has 34 heavy (non-hydrogen) atoms. The zero-order chi connectivity index (χ0) is 24.5. The van der Waals surface area contributed by atoms with Crippen molar-refractivity contribution in [2.45, 2.75) is 32.2 Å². The van der Waals surface area contributed by atoms with Crippen molar-refractivity contribution < 1.29 is 17.6 Å². The van der Waals surface area contributed by atoms with Gasteiger partial charge in [-0.1, -0.05) is 26.0 Å². The Labute approximate surface area is 198 Å². The summed E-state index contributed by atoms with van der Waals surface area (Å²) in [5.74, 6) is 0.274. The molecule has 0 aliphatic heterocycles. The van der Waals surface area contributed by atoms with E-state index < -0.39 is 10.0 Å². The molecule has 1 N–H and O–H groups in total. The van der Waals surface area contributed by atoms with Crippen LogP contribution in [0.2, 0.25) is 0 Å². The Hall–Kier alpha value is -3.50. The van der Waals surface area contributed by atoms with Crippen LogP contribution in [0.25, 0.3) is 22.5 Å². The van der Waals surface area contributed by atoms with Gasteiger partial charge in [0.15, 0.2) is 11.4 Å². The van der Waals surface area contributed by atoms with Crippen molar-refractivity contribution in [3.8, 4) is 11.5 Å². The molecule has 1 aromatic carbocycles. The molecule has 1 amide bonds. The molecule has 9 nitrogen and oxygen atoms in total. The van der Waals surface area contributed by atoms with Crippen LogP contribution < -0.4 is 5.32 Å². The molecule has 178 valence electrons. The quantitative estimate of drug-likeness (QED) is 0.412. The highest BCUT2D eigenvalue weighted by atomic mass is 32.2. The molecular formula is C24H27N5O4S. The van der Waals surface area contributed by atoms with Crippen LogP contribution in [-0.4, -0.2) is 46.5 Å². The number of benzene rings is 1. The van der Waals surface area contributed by atoms with Crippen LogP contribution in [-0.2, 0) is 23.6 Å². The van der Waals surface area contributed by atoms with Crippen molar-refractivity contribution in [3.05, 3.63) is 65.5 Å². The number of hydrogen-bond acceptors (Lipinski definition) is 6. The van der Waals surface area contributed by atoms with Crippen LogP contribution in [0.5, 0.6) is 0 Å². The molecule has 0 radical (unpaired) electrons. The number of aromatic nitrogens is 3. The smallest absolute Gasteiger partial charge is 0.252 e. The van der Waals surface area contributed by atoms with Crippen molar-refractivity contribution in [1.82, 2.24) is 24.4 Å². The van der Waals surface area contributed by atoms with Gasteiger partial charge in [0, 0.05) is 26.7 Å². The van der Waals surface area contributed by atoms with Crippen LogP contribution >= 0.6 is 0 Å². The second kappa shape index (κ2) is 9.40. The molecule has 0 aliphatic rings. The Kier molecular flexibility index (Phi) is 6.54. The first-order chi connectivity index (χ1) is 16.3. The van der Waals surface area contributed by atoms with Gasteiger partial charge in [-0.2, -0.15) is 9.40 Å². The number of furan rings is 1. The molecule has 0 atom stereocenters. The van der Waals surface area contributed by atoms with E-state index in [0.29, 0.717) is 46.8 Å². The highest BCUT2D eigenvalue weighted by molar-refractivity contribution is 7.89. The van der Waals surface area contributed by atoms with Gasteiger partial charge in [-0.15, -0.1) is 0 Å². The molecule has 0 aliphatic carbocycles. The Morgan fingerprint density at radius 1 is 1.15 bits per heavy atom. The minimum atomic E-state index is -3.52. The van der Waals surface area contributed by atoms with E-state index in [9.17, 15) is 13.2 Å². The number of pyridine rings is 1. The lowest BCUT2D eigenvalue weighted by molar-refractivity contribution is 0.0952. The van der Waals surface area contributed by atoms with Crippen LogP contribution in [0.1, 0.15) is 35.5 Å². The predicted molar refractivity (Wildman–Crippen MR) is 129 cm³/mol. The molecule has 10 heteroatoms. The lowest BCUT2D eigenvalue weighted by atomic mass is 10.1. The zero-order valence-electron chi connectivity index (χ0n) is 19.6. The number of sulfonamides is 1. The third-order valence-electron chi connectivity index (χ3n) is 5.71. The molecule has 4 rings (SSSR count). The molecule has 0 saturated carbocycles. The maximum atomic E-state index is 13.2. The van der Waals surface area contributed by atoms with E-state index in [1.807, 2.05) is 20.8 Å². The first-order valence-corrected chi connectivity index (χ1v) is 12.5. The monoisotopic (exact) mass is 481 g/mol. The number of hydrogen-bond donors (Lipinski definition) is 1. The van der Waals surface area contributed by atoms with Gasteiger partial charge in [0.2, 0.25) is 10.0 Å². The maximum absolute atomic E-state index is 13.2. The standard InChI is InChI=1S/C24H27N5O4S/c1-5-29(6-2)34(31,32)18-11-9-17(10-12-18)15-25-24(30)19-14-20(21-8-7-13-33-21)26-23-22(19)16(3)27-28(23)4/h7-14H,5-6,15H2,1-4H3,(H,25,30). The topological polar surface area (TPSA) is 110 Å². The van der Waals surface area contributed by atoms with E-state index in [-0.39, 0.29) is 17.3 Å². The fraction of sp³-hybridized carbons (Fsp3) is 0.292. The molecule has 0 saturated heterocycles. The third kappa shape index (κ3) is 4.34. The molecular weight excluding hydrogens is 454 g/mol. The molecule has 0 bridgehead atoms. The number of rotatable bonds is 8. The van der Waals surface area contributed by atoms with Crippen LogP contribution in [0.3, 0.4) is 0 Å². The summed E-state index contributed by atoms with van der Waals surface area (Å²) in [6.07, 6.45) is 1.56. The second-order valence-corrected chi connectivity index (χ2v) is 9.79. The van der Waals surface area contributed by atoms with Gasteiger partial charge in [0.1, 0.15) is 5.69 Å². The first-order valence-electron chi connectivity index (χ1n) is 11.0. The summed E-state index contributed by atoms with van der Waals surface area (Å²) in [5, 5.41) is 8.02. The van der Waals surface area contributed by atoms with E-state index in [1.54, 1.807) is 60.5 Å². The highest BCUT2D eigenvalue weighted by Crippen LogP contribution is 2.27. The van der Waals surface area contributed by atoms with Gasteiger partial charge in [-0.05, 0) is 42.8 Å². The average molecular weight is 482 g/mol. The largest absolute Gasteiger partial charge is 0.463 e. The Morgan fingerprint density at radius 3 is 2.47 bits per heavy atom. The maximum Gasteiger partial charge on any atom is 0.252 e. The van der Waals surface area contributed by atoms with Crippen molar-refractivity contribution in [2.24, 2.45) is 7.05 Å². The van der Waals surface area contributed by atoms with Gasteiger partial charge in [0.25, 0.3) is 5.91 Å². The molecule has 4 aromatic rings. The van der Waals surface area contributed by atoms with Gasteiger partial charge in [0.05, 0.1) is 27.8 Å². The van der Waals surface area contributed by atoms with Crippen molar-refractivity contribution >= 4 is 27.0 Å². The van der Waals surface area contributed by atoms with Crippen LogP contribution in [0, 0.1) is 6.92 Å². The number of amides is 1. The lowest BCUT2D eigenvalue weighted by Crippen LogP contribution is -2.30. The van der Waals surface area contributed by atoms with Crippen LogP contribution in [0.4, 0.5) is 0 Å². The number of nitrogens with one attached hydrogen (secondary N) is 1. The third-order valence-corrected chi connectivity index (χ3v) is 7.77. The summed E-state index contributed by atoms with van der Waals surface area (Å²) < 4.78 is 33.9. The average Bonchev–Trinajstić information content (AvgIpc) is 3.46.